The molecule has 2 aromatic heterocycles. The first-order valence-electron chi connectivity index (χ1n) is 7.86. The summed E-state index contributed by atoms with van der Waals surface area (Å²) in [6.07, 6.45) is 0. The number of benzene rings is 2. The fourth-order valence-corrected chi connectivity index (χ4v) is 4.44. The number of nitriles is 1. The van der Waals surface area contributed by atoms with Gasteiger partial charge < -0.3 is 5.32 Å². The molecule has 6 nitrogen and oxygen atoms in total. The Labute approximate surface area is 157 Å². The first-order chi connectivity index (χ1) is 12.7. The number of carbonyl (C=O) groups is 1. The van der Waals surface area contributed by atoms with Crippen molar-refractivity contribution >= 4 is 49.9 Å². The summed E-state index contributed by atoms with van der Waals surface area (Å²) in [7, 11) is 0. The first-order valence-corrected chi connectivity index (χ1v) is 9.55. The predicted octanol–water partition coefficient (Wildman–Crippen LogP) is 3.93. The van der Waals surface area contributed by atoms with Crippen molar-refractivity contribution in [3.63, 3.8) is 0 Å². The van der Waals surface area contributed by atoms with Gasteiger partial charge in [0.05, 0.1) is 27.1 Å². The summed E-state index contributed by atoms with van der Waals surface area (Å²) in [6, 6.07) is 16.9. The molecule has 0 radical (unpaired) electrons. The number of thioether (sulfide) groups is 1. The van der Waals surface area contributed by atoms with Gasteiger partial charge in [0.2, 0.25) is 10.9 Å². The summed E-state index contributed by atoms with van der Waals surface area (Å²) in [5.74, 6) is -0.152. The number of aromatic nitrogens is 3. The molecule has 0 saturated carbocycles. The second kappa shape index (κ2) is 6.78. The van der Waals surface area contributed by atoms with E-state index in [4.69, 9.17) is 5.26 Å². The minimum Gasteiger partial charge on any atom is -0.325 e. The zero-order chi connectivity index (χ0) is 18.1. The maximum atomic E-state index is 12.5. The van der Waals surface area contributed by atoms with Crippen molar-refractivity contribution < 1.29 is 4.79 Å². The Bertz CT molecular complexity index is 1160. The van der Waals surface area contributed by atoms with Crippen LogP contribution in [-0.2, 0) is 4.79 Å². The second-order valence-corrected chi connectivity index (χ2v) is 7.93. The monoisotopic (exact) mass is 379 g/mol. The summed E-state index contributed by atoms with van der Waals surface area (Å²) in [5, 5.41) is 20.6. The van der Waals surface area contributed by atoms with Gasteiger partial charge >= 0.3 is 0 Å². The van der Waals surface area contributed by atoms with E-state index in [1.165, 1.54) is 11.8 Å². The van der Waals surface area contributed by atoms with Crippen molar-refractivity contribution in [3.05, 3.63) is 54.1 Å². The Balaban J connectivity index is 1.56. The van der Waals surface area contributed by atoms with Gasteiger partial charge in [0.15, 0.2) is 5.16 Å². The lowest BCUT2D eigenvalue weighted by Gasteiger charge is -2.11. The van der Waals surface area contributed by atoms with Crippen LogP contribution in [0.15, 0.2) is 53.7 Å². The van der Waals surface area contributed by atoms with Crippen molar-refractivity contribution in [1.29, 1.82) is 5.26 Å². The number of carbonyl (C=O) groups excluding carboxylic acids is 1. The Morgan fingerprint density at radius 3 is 2.96 bits per heavy atom. The average molecular weight is 379 g/mol. The average Bonchev–Trinajstić information content (AvgIpc) is 3.21. The van der Waals surface area contributed by atoms with Gasteiger partial charge in [0.25, 0.3) is 0 Å². The van der Waals surface area contributed by atoms with Gasteiger partial charge in [-0.15, -0.1) is 10.2 Å². The molecule has 0 aliphatic heterocycles. The minimum absolute atomic E-state index is 0.152. The molecular weight excluding hydrogens is 366 g/mol. The fraction of sp³-hybridized carbons (Fsp3) is 0.111. The molecule has 8 heteroatoms. The molecule has 1 atom stereocenters. The number of nitrogens with zero attached hydrogens (tertiary/aromatic N) is 4. The van der Waals surface area contributed by atoms with E-state index in [1.807, 2.05) is 35.6 Å². The lowest BCUT2D eigenvalue weighted by molar-refractivity contribution is -0.115. The SMILES string of the molecule is CC(Sc1nnc2sc3ccccc3n12)C(=O)Nc1cccc(C#N)c1. The first kappa shape index (κ1) is 16.6. The summed E-state index contributed by atoms with van der Waals surface area (Å²) in [5.41, 5.74) is 2.15. The van der Waals surface area contributed by atoms with Crippen LogP contribution in [0.3, 0.4) is 0 Å². The molecule has 4 rings (SSSR count). The number of para-hydroxylation sites is 1. The van der Waals surface area contributed by atoms with Crippen LogP contribution in [0.2, 0.25) is 0 Å². The summed E-state index contributed by atoms with van der Waals surface area (Å²) in [4.78, 5) is 13.3. The van der Waals surface area contributed by atoms with E-state index in [1.54, 1.807) is 35.6 Å². The maximum absolute atomic E-state index is 12.5. The van der Waals surface area contributed by atoms with Crippen LogP contribution in [0.1, 0.15) is 12.5 Å². The van der Waals surface area contributed by atoms with Crippen LogP contribution in [-0.4, -0.2) is 25.8 Å². The molecule has 1 amide bonds. The highest BCUT2D eigenvalue weighted by atomic mass is 32.2. The van der Waals surface area contributed by atoms with Gasteiger partial charge in [0, 0.05) is 5.69 Å². The van der Waals surface area contributed by atoms with E-state index < -0.39 is 0 Å². The Morgan fingerprint density at radius 1 is 1.27 bits per heavy atom. The molecule has 0 fully saturated rings. The molecule has 0 aliphatic rings. The number of amides is 1. The standard InChI is InChI=1S/C18H13N5OS2/c1-11(16(24)20-13-6-4-5-12(9-13)10-19)25-17-21-22-18-23(17)14-7-2-3-8-15(14)26-18/h2-9,11H,1H3,(H,20,24). The summed E-state index contributed by atoms with van der Waals surface area (Å²) in [6.45, 7) is 1.82. The van der Waals surface area contributed by atoms with E-state index in [9.17, 15) is 4.79 Å². The van der Waals surface area contributed by atoms with Crippen molar-refractivity contribution in [2.24, 2.45) is 0 Å². The van der Waals surface area contributed by atoms with E-state index in [2.05, 4.69) is 21.6 Å². The highest BCUT2D eigenvalue weighted by Gasteiger charge is 2.20. The fourth-order valence-electron chi connectivity index (χ4n) is 2.55. The maximum Gasteiger partial charge on any atom is 0.237 e. The molecular formula is C18H13N5OS2. The zero-order valence-corrected chi connectivity index (χ0v) is 15.3. The highest BCUT2D eigenvalue weighted by molar-refractivity contribution is 8.00. The predicted molar refractivity (Wildman–Crippen MR) is 103 cm³/mol. The van der Waals surface area contributed by atoms with Gasteiger partial charge in [-0.2, -0.15) is 5.26 Å². The van der Waals surface area contributed by atoms with Crippen molar-refractivity contribution in [3.8, 4) is 6.07 Å². The zero-order valence-electron chi connectivity index (χ0n) is 13.7. The van der Waals surface area contributed by atoms with Crippen molar-refractivity contribution in [1.82, 2.24) is 14.6 Å². The number of anilines is 1. The topological polar surface area (TPSA) is 83.1 Å². The molecule has 0 spiro atoms. The van der Waals surface area contributed by atoms with Gasteiger partial charge in [0.1, 0.15) is 0 Å². The largest absolute Gasteiger partial charge is 0.325 e. The minimum atomic E-state index is -0.369. The summed E-state index contributed by atoms with van der Waals surface area (Å²) >= 11 is 2.93. The molecule has 1 unspecified atom stereocenters. The van der Waals surface area contributed by atoms with Gasteiger partial charge in [-0.3, -0.25) is 9.20 Å². The number of hydrogen-bond acceptors (Lipinski definition) is 6. The molecule has 0 bridgehead atoms. The summed E-state index contributed by atoms with van der Waals surface area (Å²) < 4.78 is 3.11. The van der Waals surface area contributed by atoms with Gasteiger partial charge in [-0.05, 0) is 37.3 Å². The molecule has 0 aliphatic carbocycles. The Hall–Kier alpha value is -2.89. The van der Waals surface area contributed by atoms with Crippen LogP contribution in [0.5, 0.6) is 0 Å². The van der Waals surface area contributed by atoms with E-state index in [-0.39, 0.29) is 11.2 Å². The van der Waals surface area contributed by atoms with Crippen LogP contribution >= 0.6 is 23.1 Å². The molecule has 26 heavy (non-hydrogen) atoms. The van der Waals surface area contributed by atoms with E-state index in [0.29, 0.717) is 16.4 Å². The van der Waals surface area contributed by atoms with Gasteiger partial charge in [-0.25, -0.2) is 0 Å². The number of rotatable bonds is 4. The molecule has 2 heterocycles. The third kappa shape index (κ3) is 3.03. The lowest BCUT2D eigenvalue weighted by atomic mass is 10.2. The van der Waals surface area contributed by atoms with E-state index >= 15 is 0 Å². The third-order valence-electron chi connectivity index (χ3n) is 3.82. The van der Waals surface area contributed by atoms with Gasteiger partial charge in [-0.1, -0.05) is 41.3 Å². The molecule has 4 aromatic rings. The normalized spacial score (nSPS) is 12.2. The second-order valence-electron chi connectivity index (χ2n) is 5.61. The Morgan fingerprint density at radius 2 is 2.12 bits per heavy atom. The highest BCUT2D eigenvalue weighted by Crippen LogP contribution is 2.31. The smallest absolute Gasteiger partial charge is 0.237 e. The number of nitrogens with one attached hydrogen (secondary N) is 1. The Kier molecular flexibility index (Phi) is 4.32. The number of fused-ring (bicyclic) bond motifs is 3. The van der Waals surface area contributed by atoms with E-state index in [0.717, 1.165) is 15.2 Å². The van der Waals surface area contributed by atoms with Crippen LogP contribution < -0.4 is 5.32 Å². The lowest BCUT2D eigenvalue weighted by Crippen LogP contribution is -2.22. The molecule has 1 N–H and O–H groups in total. The molecule has 2 aromatic carbocycles. The molecule has 0 saturated heterocycles. The quantitative estimate of drug-likeness (QED) is 0.543. The van der Waals surface area contributed by atoms with Crippen molar-refractivity contribution in [2.45, 2.75) is 17.3 Å². The van der Waals surface area contributed by atoms with Crippen LogP contribution in [0, 0.1) is 11.3 Å². The number of hydrogen-bond donors (Lipinski definition) is 1. The van der Waals surface area contributed by atoms with Crippen LogP contribution in [0.4, 0.5) is 5.69 Å². The molecule has 128 valence electrons. The van der Waals surface area contributed by atoms with Crippen LogP contribution in [0.25, 0.3) is 15.2 Å². The number of thiazole rings is 1. The van der Waals surface area contributed by atoms with Crippen molar-refractivity contribution in [2.75, 3.05) is 5.32 Å². The third-order valence-corrected chi connectivity index (χ3v) is 5.88.